The SMILES string of the molecule is NC1(C(=O)O)CCn2c(Br)cnc2C1. The van der Waals surface area contributed by atoms with Gasteiger partial charge < -0.3 is 15.4 Å². The zero-order valence-electron chi connectivity index (χ0n) is 7.40. The summed E-state index contributed by atoms with van der Waals surface area (Å²) in [4.78, 5) is 15.0. The largest absolute Gasteiger partial charge is 0.480 e. The molecule has 1 aromatic rings. The van der Waals surface area contributed by atoms with Crippen LogP contribution in [-0.2, 0) is 17.8 Å². The van der Waals surface area contributed by atoms with E-state index in [0.29, 0.717) is 13.0 Å². The van der Waals surface area contributed by atoms with E-state index >= 15 is 0 Å². The Morgan fingerprint density at radius 2 is 2.50 bits per heavy atom. The number of halogens is 1. The predicted molar refractivity (Wildman–Crippen MR) is 52.8 cm³/mol. The first kappa shape index (κ1) is 9.67. The average Bonchev–Trinajstić information content (AvgIpc) is 2.47. The number of hydrogen-bond donors (Lipinski definition) is 2. The lowest BCUT2D eigenvalue weighted by Gasteiger charge is -2.29. The molecular weight excluding hydrogens is 250 g/mol. The summed E-state index contributed by atoms with van der Waals surface area (Å²) < 4.78 is 2.81. The van der Waals surface area contributed by atoms with E-state index in [9.17, 15) is 4.79 Å². The summed E-state index contributed by atoms with van der Waals surface area (Å²) in [5.74, 6) is -0.226. The van der Waals surface area contributed by atoms with Gasteiger partial charge in [-0.2, -0.15) is 0 Å². The Morgan fingerprint density at radius 3 is 3.14 bits per heavy atom. The molecule has 1 atom stereocenters. The fourth-order valence-corrected chi connectivity index (χ4v) is 2.12. The van der Waals surface area contributed by atoms with Crippen molar-refractivity contribution in [3.05, 3.63) is 16.6 Å². The molecule has 2 rings (SSSR count). The van der Waals surface area contributed by atoms with Gasteiger partial charge >= 0.3 is 5.97 Å². The second-order valence-corrected chi connectivity index (χ2v) is 4.35. The van der Waals surface area contributed by atoms with Gasteiger partial charge in [-0.1, -0.05) is 0 Å². The highest BCUT2D eigenvalue weighted by Gasteiger charge is 2.38. The van der Waals surface area contributed by atoms with Gasteiger partial charge in [0.2, 0.25) is 0 Å². The highest BCUT2D eigenvalue weighted by Crippen LogP contribution is 2.25. The van der Waals surface area contributed by atoms with E-state index in [-0.39, 0.29) is 6.42 Å². The summed E-state index contributed by atoms with van der Waals surface area (Å²) in [5, 5.41) is 8.96. The molecule has 5 nitrogen and oxygen atoms in total. The van der Waals surface area contributed by atoms with Crippen LogP contribution in [-0.4, -0.2) is 26.2 Å². The third-order valence-corrected chi connectivity index (χ3v) is 3.20. The highest BCUT2D eigenvalue weighted by molar-refractivity contribution is 9.10. The van der Waals surface area contributed by atoms with Crippen molar-refractivity contribution < 1.29 is 9.90 Å². The second kappa shape index (κ2) is 3.06. The van der Waals surface area contributed by atoms with Gasteiger partial charge in [-0.05, 0) is 22.4 Å². The number of aliphatic carboxylic acids is 1. The van der Waals surface area contributed by atoms with Crippen molar-refractivity contribution in [3.8, 4) is 0 Å². The minimum absolute atomic E-state index is 0.286. The van der Waals surface area contributed by atoms with Crippen LogP contribution in [0, 0.1) is 0 Å². The Balaban J connectivity index is 2.34. The Kier molecular flexibility index (Phi) is 2.11. The van der Waals surface area contributed by atoms with Crippen molar-refractivity contribution in [1.29, 1.82) is 0 Å². The van der Waals surface area contributed by atoms with Crippen molar-refractivity contribution in [2.75, 3.05) is 0 Å². The molecule has 0 aliphatic carbocycles. The third kappa shape index (κ3) is 1.34. The van der Waals surface area contributed by atoms with E-state index < -0.39 is 11.5 Å². The lowest BCUT2D eigenvalue weighted by atomic mass is 9.89. The Labute approximate surface area is 89.1 Å². The lowest BCUT2D eigenvalue weighted by molar-refractivity contribution is -0.144. The molecule has 0 saturated heterocycles. The van der Waals surface area contributed by atoms with Crippen LogP contribution in [0.3, 0.4) is 0 Å². The van der Waals surface area contributed by atoms with Gasteiger partial charge in [0.15, 0.2) is 0 Å². The molecule has 76 valence electrons. The average molecular weight is 260 g/mol. The molecule has 1 aliphatic rings. The molecule has 0 spiro atoms. The first-order valence-corrected chi connectivity index (χ1v) is 5.04. The van der Waals surface area contributed by atoms with Gasteiger partial charge in [0, 0.05) is 13.0 Å². The Bertz CT molecular complexity index is 390. The lowest BCUT2D eigenvalue weighted by Crippen LogP contribution is -2.53. The monoisotopic (exact) mass is 259 g/mol. The predicted octanol–water partition coefficient (Wildman–Crippen LogP) is 0.374. The van der Waals surface area contributed by atoms with Crippen LogP contribution in [0.4, 0.5) is 0 Å². The normalized spacial score (nSPS) is 25.9. The van der Waals surface area contributed by atoms with Gasteiger partial charge in [0.05, 0.1) is 6.20 Å². The van der Waals surface area contributed by atoms with Crippen LogP contribution < -0.4 is 5.73 Å². The van der Waals surface area contributed by atoms with E-state index in [4.69, 9.17) is 10.8 Å². The van der Waals surface area contributed by atoms with Crippen LogP contribution in [0.15, 0.2) is 10.8 Å². The molecule has 0 fully saturated rings. The zero-order chi connectivity index (χ0) is 10.3. The van der Waals surface area contributed by atoms with Gasteiger partial charge in [0.1, 0.15) is 16.0 Å². The number of nitrogens with two attached hydrogens (primary N) is 1. The first-order chi connectivity index (χ1) is 6.53. The number of imidazole rings is 1. The van der Waals surface area contributed by atoms with Crippen LogP contribution in [0.25, 0.3) is 0 Å². The van der Waals surface area contributed by atoms with Crippen molar-refractivity contribution in [3.63, 3.8) is 0 Å². The van der Waals surface area contributed by atoms with Crippen LogP contribution >= 0.6 is 15.9 Å². The number of carboxylic acids is 1. The van der Waals surface area contributed by atoms with Gasteiger partial charge in [-0.15, -0.1) is 0 Å². The quantitative estimate of drug-likeness (QED) is 0.764. The summed E-state index contributed by atoms with van der Waals surface area (Å²) in [6.07, 6.45) is 2.39. The fraction of sp³-hybridized carbons (Fsp3) is 0.500. The van der Waals surface area contributed by atoms with Crippen molar-refractivity contribution in [2.24, 2.45) is 5.73 Å². The number of hydrogen-bond acceptors (Lipinski definition) is 3. The molecule has 0 amide bonds. The molecule has 14 heavy (non-hydrogen) atoms. The minimum atomic E-state index is -1.15. The maximum absolute atomic E-state index is 10.9. The summed E-state index contributed by atoms with van der Waals surface area (Å²) >= 11 is 3.34. The second-order valence-electron chi connectivity index (χ2n) is 3.54. The number of carbonyl (C=O) groups is 1. The summed E-state index contributed by atoms with van der Waals surface area (Å²) in [6.45, 7) is 0.596. The van der Waals surface area contributed by atoms with Gasteiger partial charge in [0.25, 0.3) is 0 Å². The van der Waals surface area contributed by atoms with Crippen LogP contribution in [0.5, 0.6) is 0 Å². The van der Waals surface area contributed by atoms with Crippen molar-refractivity contribution in [2.45, 2.75) is 24.9 Å². The molecular formula is C8H10BrN3O2. The van der Waals surface area contributed by atoms with Crippen molar-refractivity contribution in [1.82, 2.24) is 9.55 Å². The molecule has 2 heterocycles. The van der Waals surface area contributed by atoms with Crippen LogP contribution in [0.2, 0.25) is 0 Å². The maximum atomic E-state index is 10.9. The maximum Gasteiger partial charge on any atom is 0.324 e. The fourth-order valence-electron chi connectivity index (χ4n) is 1.63. The molecule has 3 N–H and O–H groups in total. The number of fused-ring (bicyclic) bond motifs is 1. The smallest absolute Gasteiger partial charge is 0.324 e. The standard InChI is InChI=1S/C8H10BrN3O2/c9-5-4-11-6-3-8(10,7(13)14)1-2-12(5)6/h4H,1-3,10H2,(H,13,14). The number of carboxylic acid groups (broad SMARTS) is 1. The topological polar surface area (TPSA) is 81.1 Å². The van der Waals surface area contributed by atoms with E-state index in [1.165, 1.54) is 0 Å². The molecule has 1 unspecified atom stereocenters. The molecule has 0 aromatic carbocycles. The molecule has 0 bridgehead atoms. The molecule has 0 saturated carbocycles. The summed E-state index contributed by atoms with van der Waals surface area (Å²) in [6, 6.07) is 0. The van der Waals surface area contributed by atoms with Gasteiger partial charge in [-0.3, -0.25) is 4.79 Å². The first-order valence-electron chi connectivity index (χ1n) is 4.25. The minimum Gasteiger partial charge on any atom is -0.480 e. The number of aromatic nitrogens is 2. The summed E-state index contributed by atoms with van der Waals surface area (Å²) in [5.41, 5.74) is 4.61. The van der Waals surface area contributed by atoms with E-state index in [1.807, 2.05) is 4.57 Å². The zero-order valence-corrected chi connectivity index (χ0v) is 8.99. The molecule has 6 heteroatoms. The Hall–Kier alpha value is -0.880. The van der Waals surface area contributed by atoms with E-state index in [1.54, 1.807) is 6.20 Å². The van der Waals surface area contributed by atoms with E-state index in [0.717, 1.165) is 10.4 Å². The molecule has 1 aliphatic heterocycles. The summed E-state index contributed by atoms with van der Waals surface area (Å²) in [7, 11) is 0. The van der Waals surface area contributed by atoms with E-state index in [2.05, 4.69) is 20.9 Å². The number of nitrogens with zero attached hydrogens (tertiary/aromatic N) is 2. The molecule has 0 radical (unpaired) electrons. The van der Waals surface area contributed by atoms with Crippen molar-refractivity contribution >= 4 is 21.9 Å². The van der Waals surface area contributed by atoms with Crippen LogP contribution in [0.1, 0.15) is 12.2 Å². The highest BCUT2D eigenvalue weighted by atomic mass is 79.9. The number of rotatable bonds is 1. The Morgan fingerprint density at radius 1 is 1.79 bits per heavy atom. The third-order valence-electron chi connectivity index (χ3n) is 2.57. The van der Waals surface area contributed by atoms with Gasteiger partial charge in [-0.25, -0.2) is 4.98 Å². The molecule has 1 aromatic heterocycles.